The van der Waals surface area contributed by atoms with E-state index in [1.807, 2.05) is 0 Å². The van der Waals surface area contributed by atoms with E-state index in [2.05, 4.69) is 20.5 Å². The third kappa shape index (κ3) is 3.46. The minimum Gasteiger partial charge on any atom is -0.296 e. The van der Waals surface area contributed by atoms with Gasteiger partial charge >= 0.3 is 6.18 Å². The second-order valence-corrected chi connectivity index (χ2v) is 5.86. The van der Waals surface area contributed by atoms with Gasteiger partial charge in [-0.15, -0.1) is 11.3 Å². The molecular formula is C15H11F3N4OS. The first kappa shape index (κ1) is 16.2. The van der Waals surface area contributed by atoms with Crippen LogP contribution in [0.3, 0.4) is 0 Å². The smallest absolute Gasteiger partial charge is 0.296 e. The molecule has 0 saturated carbocycles. The summed E-state index contributed by atoms with van der Waals surface area (Å²) in [5.41, 5.74) is 0.898. The van der Waals surface area contributed by atoms with Gasteiger partial charge in [-0.1, -0.05) is 12.1 Å². The normalized spacial score (nSPS) is 11.5. The molecule has 2 heterocycles. The van der Waals surface area contributed by atoms with E-state index in [1.54, 1.807) is 18.4 Å². The van der Waals surface area contributed by atoms with E-state index in [-0.39, 0.29) is 10.8 Å². The van der Waals surface area contributed by atoms with Gasteiger partial charge in [0.2, 0.25) is 0 Å². The van der Waals surface area contributed by atoms with Crippen LogP contribution in [0.5, 0.6) is 0 Å². The van der Waals surface area contributed by atoms with Crippen LogP contribution in [0.4, 0.5) is 18.3 Å². The topological polar surface area (TPSA) is 70.7 Å². The number of hydrogen-bond acceptors (Lipinski definition) is 4. The standard InChI is InChI=1S/C15H11F3N4OS/c1-8-5-11(22-21-8)13(23)20-14-19-12(7-24-14)9-3-2-4-10(6-9)15(16,17)18/h2-7H,1H3,(H,21,22)(H,19,20,23). The van der Waals surface area contributed by atoms with Gasteiger partial charge in [-0.2, -0.15) is 18.3 Å². The molecule has 24 heavy (non-hydrogen) atoms. The van der Waals surface area contributed by atoms with Crippen LogP contribution in [0.25, 0.3) is 11.3 Å². The molecule has 0 bridgehead atoms. The molecule has 9 heteroatoms. The van der Waals surface area contributed by atoms with Crippen LogP contribution in [0.15, 0.2) is 35.7 Å². The van der Waals surface area contributed by atoms with Gasteiger partial charge in [0.1, 0.15) is 0 Å². The summed E-state index contributed by atoms with van der Waals surface area (Å²) in [5, 5.41) is 10.9. The third-order valence-corrected chi connectivity index (χ3v) is 3.91. The van der Waals surface area contributed by atoms with Crippen molar-refractivity contribution in [2.75, 3.05) is 5.32 Å². The second kappa shape index (κ2) is 6.08. The molecule has 0 spiro atoms. The molecule has 2 N–H and O–H groups in total. The molecule has 124 valence electrons. The van der Waals surface area contributed by atoms with Gasteiger partial charge in [0, 0.05) is 16.6 Å². The molecule has 0 aliphatic carbocycles. The van der Waals surface area contributed by atoms with Crippen LogP contribution >= 0.6 is 11.3 Å². The molecule has 3 aromatic rings. The molecule has 0 atom stereocenters. The Labute approximate surface area is 138 Å². The highest BCUT2D eigenvalue weighted by Crippen LogP contribution is 2.33. The maximum atomic E-state index is 12.8. The Morgan fingerprint density at radius 3 is 2.75 bits per heavy atom. The fourth-order valence-corrected chi connectivity index (χ4v) is 2.73. The van der Waals surface area contributed by atoms with Crippen molar-refractivity contribution in [3.05, 3.63) is 52.7 Å². The summed E-state index contributed by atoms with van der Waals surface area (Å²) in [6, 6.07) is 6.46. The SMILES string of the molecule is Cc1cc(C(=O)Nc2nc(-c3cccc(C(F)(F)F)c3)cs2)n[nH]1. The number of benzene rings is 1. The number of H-pyrrole nitrogens is 1. The zero-order valence-corrected chi connectivity index (χ0v) is 13.1. The van der Waals surface area contributed by atoms with Crippen molar-refractivity contribution < 1.29 is 18.0 Å². The van der Waals surface area contributed by atoms with Gasteiger partial charge in [0.25, 0.3) is 5.91 Å². The van der Waals surface area contributed by atoms with Crippen LogP contribution in [0.1, 0.15) is 21.7 Å². The second-order valence-electron chi connectivity index (χ2n) is 5.01. The number of carbonyl (C=O) groups is 1. The average Bonchev–Trinajstić information content (AvgIpc) is 3.16. The van der Waals surface area contributed by atoms with Gasteiger partial charge in [-0.25, -0.2) is 4.98 Å². The number of thiazole rings is 1. The molecule has 2 aromatic heterocycles. The van der Waals surface area contributed by atoms with Gasteiger partial charge in [-0.05, 0) is 25.1 Å². The monoisotopic (exact) mass is 352 g/mol. The van der Waals surface area contributed by atoms with Crippen molar-refractivity contribution in [3.63, 3.8) is 0 Å². The van der Waals surface area contributed by atoms with Crippen molar-refractivity contribution in [1.29, 1.82) is 0 Å². The molecule has 3 rings (SSSR count). The number of hydrogen-bond donors (Lipinski definition) is 2. The maximum absolute atomic E-state index is 12.8. The molecule has 5 nitrogen and oxygen atoms in total. The summed E-state index contributed by atoms with van der Waals surface area (Å²) in [6.07, 6.45) is -4.42. The predicted molar refractivity (Wildman–Crippen MR) is 83.8 cm³/mol. The van der Waals surface area contributed by atoms with Gasteiger partial charge < -0.3 is 0 Å². The average molecular weight is 352 g/mol. The van der Waals surface area contributed by atoms with E-state index in [4.69, 9.17) is 0 Å². The number of aryl methyl sites for hydroxylation is 1. The summed E-state index contributed by atoms with van der Waals surface area (Å²) in [5.74, 6) is -0.440. The maximum Gasteiger partial charge on any atom is 0.416 e. The van der Waals surface area contributed by atoms with Crippen molar-refractivity contribution in [3.8, 4) is 11.3 Å². The zero-order valence-electron chi connectivity index (χ0n) is 12.3. The van der Waals surface area contributed by atoms with Crippen molar-refractivity contribution >= 4 is 22.4 Å². The van der Waals surface area contributed by atoms with E-state index < -0.39 is 17.6 Å². The number of anilines is 1. The Bertz CT molecular complexity index is 885. The molecule has 0 radical (unpaired) electrons. The van der Waals surface area contributed by atoms with Crippen LogP contribution < -0.4 is 5.32 Å². The number of alkyl halides is 3. The number of halogens is 3. The quantitative estimate of drug-likeness (QED) is 0.745. The first-order chi connectivity index (χ1) is 11.3. The minimum absolute atomic E-state index is 0.211. The molecule has 0 aliphatic rings. The van der Waals surface area contributed by atoms with Crippen molar-refractivity contribution in [2.45, 2.75) is 13.1 Å². The zero-order chi connectivity index (χ0) is 17.3. The fourth-order valence-electron chi connectivity index (χ4n) is 2.01. The Morgan fingerprint density at radius 1 is 1.29 bits per heavy atom. The van der Waals surface area contributed by atoms with Crippen LogP contribution in [0.2, 0.25) is 0 Å². The molecule has 0 unspecified atom stereocenters. The number of nitrogens with one attached hydrogen (secondary N) is 2. The fraction of sp³-hybridized carbons (Fsp3) is 0.133. The molecular weight excluding hydrogens is 341 g/mol. The highest BCUT2D eigenvalue weighted by molar-refractivity contribution is 7.14. The molecule has 1 amide bonds. The summed E-state index contributed by atoms with van der Waals surface area (Å²) in [7, 11) is 0. The minimum atomic E-state index is -4.42. The Balaban J connectivity index is 1.80. The summed E-state index contributed by atoms with van der Waals surface area (Å²) in [4.78, 5) is 16.1. The van der Waals surface area contributed by atoms with Crippen LogP contribution in [-0.4, -0.2) is 21.1 Å². The lowest BCUT2D eigenvalue weighted by molar-refractivity contribution is -0.137. The third-order valence-electron chi connectivity index (χ3n) is 3.15. The first-order valence-electron chi connectivity index (χ1n) is 6.79. The van der Waals surface area contributed by atoms with Crippen molar-refractivity contribution in [2.24, 2.45) is 0 Å². The van der Waals surface area contributed by atoms with Gasteiger partial charge in [0.15, 0.2) is 10.8 Å². The molecule has 0 fully saturated rings. The molecule has 1 aromatic carbocycles. The first-order valence-corrected chi connectivity index (χ1v) is 7.67. The van der Waals surface area contributed by atoms with E-state index in [0.717, 1.165) is 29.2 Å². The Kier molecular flexibility index (Phi) is 4.10. The largest absolute Gasteiger partial charge is 0.416 e. The summed E-state index contributed by atoms with van der Waals surface area (Å²) >= 11 is 1.13. The number of nitrogens with zero attached hydrogens (tertiary/aromatic N) is 2. The lowest BCUT2D eigenvalue weighted by Gasteiger charge is -2.07. The lowest BCUT2D eigenvalue weighted by Crippen LogP contribution is -2.12. The molecule has 0 aliphatic heterocycles. The summed E-state index contributed by atoms with van der Waals surface area (Å²) < 4.78 is 38.3. The highest BCUT2D eigenvalue weighted by atomic mass is 32.1. The Morgan fingerprint density at radius 2 is 2.08 bits per heavy atom. The number of carbonyl (C=O) groups excluding carboxylic acids is 1. The lowest BCUT2D eigenvalue weighted by atomic mass is 10.1. The van der Waals surface area contributed by atoms with E-state index in [0.29, 0.717) is 11.3 Å². The van der Waals surface area contributed by atoms with E-state index in [1.165, 1.54) is 12.1 Å². The van der Waals surface area contributed by atoms with Crippen LogP contribution in [0, 0.1) is 6.92 Å². The van der Waals surface area contributed by atoms with E-state index in [9.17, 15) is 18.0 Å². The number of amides is 1. The number of aromatic amines is 1. The van der Waals surface area contributed by atoms with E-state index >= 15 is 0 Å². The van der Waals surface area contributed by atoms with Gasteiger partial charge in [-0.3, -0.25) is 15.2 Å². The van der Waals surface area contributed by atoms with Gasteiger partial charge in [0.05, 0.1) is 11.3 Å². The Hall–Kier alpha value is -2.68. The molecule has 0 saturated heterocycles. The van der Waals surface area contributed by atoms with Crippen LogP contribution in [-0.2, 0) is 6.18 Å². The highest BCUT2D eigenvalue weighted by Gasteiger charge is 2.30. The number of rotatable bonds is 3. The van der Waals surface area contributed by atoms with Crippen molar-refractivity contribution in [1.82, 2.24) is 15.2 Å². The predicted octanol–water partition coefficient (Wildman–Crippen LogP) is 4.11. The number of aromatic nitrogens is 3. The summed E-state index contributed by atoms with van der Waals surface area (Å²) in [6.45, 7) is 1.76.